The maximum Gasteiger partial charge on any atom is 0.138 e. The first-order chi connectivity index (χ1) is 7.67. The van der Waals surface area contributed by atoms with Crippen molar-refractivity contribution >= 4 is 0 Å². The number of hydrogen-bond acceptors (Lipinski definition) is 3. The van der Waals surface area contributed by atoms with Crippen molar-refractivity contribution in [2.75, 3.05) is 6.61 Å². The van der Waals surface area contributed by atoms with Crippen LogP contribution in [0.5, 0.6) is 0 Å². The normalized spacial score (nSPS) is 13.3. The molecule has 0 bridgehead atoms. The van der Waals surface area contributed by atoms with Crippen LogP contribution in [0.25, 0.3) is 0 Å². The van der Waals surface area contributed by atoms with Crippen molar-refractivity contribution in [3.8, 4) is 0 Å². The molecule has 0 radical (unpaired) electrons. The third kappa shape index (κ3) is 3.93. The van der Waals surface area contributed by atoms with Crippen molar-refractivity contribution < 1.29 is 5.11 Å². The second-order valence-electron chi connectivity index (χ2n) is 4.78. The number of aliphatic hydroxyl groups is 1. The van der Waals surface area contributed by atoms with Gasteiger partial charge in [-0.3, -0.25) is 4.68 Å². The standard InChI is InChI=1S/C12H23N3O/c1-4-5-15-12(13-9-14-15)7-11(8-16)6-10(2)3/h9-11,16H,4-8H2,1-3H3. The van der Waals surface area contributed by atoms with E-state index < -0.39 is 0 Å². The first kappa shape index (κ1) is 13.2. The Bertz CT molecular complexity index is 296. The SMILES string of the molecule is CCCn1ncnc1CC(CO)CC(C)C. The lowest BCUT2D eigenvalue weighted by Crippen LogP contribution is -2.16. The van der Waals surface area contributed by atoms with Gasteiger partial charge in [0.15, 0.2) is 0 Å². The molecule has 16 heavy (non-hydrogen) atoms. The highest BCUT2D eigenvalue weighted by atomic mass is 16.3. The number of nitrogens with zero attached hydrogens (tertiary/aromatic N) is 3. The molecule has 0 saturated heterocycles. The molecule has 1 unspecified atom stereocenters. The van der Waals surface area contributed by atoms with E-state index in [2.05, 4.69) is 30.9 Å². The molecule has 1 aromatic heterocycles. The molecule has 1 heterocycles. The lowest BCUT2D eigenvalue weighted by Gasteiger charge is -2.16. The Morgan fingerprint density at radius 1 is 1.44 bits per heavy atom. The number of aryl methyl sites for hydroxylation is 1. The first-order valence-corrected chi connectivity index (χ1v) is 6.14. The summed E-state index contributed by atoms with van der Waals surface area (Å²) in [6.45, 7) is 7.63. The molecule has 92 valence electrons. The molecule has 0 amide bonds. The van der Waals surface area contributed by atoms with E-state index >= 15 is 0 Å². The summed E-state index contributed by atoms with van der Waals surface area (Å²) < 4.78 is 1.95. The van der Waals surface area contributed by atoms with Gasteiger partial charge in [0.1, 0.15) is 12.2 Å². The summed E-state index contributed by atoms with van der Waals surface area (Å²) in [5.41, 5.74) is 0. The van der Waals surface area contributed by atoms with Crippen LogP contribution in [0, 0.1) is 11.8 Å². The van der Waals surface area contributed by atoms with Crippen molar-refractivity contribution in [3.63, 3.8) is 0 Å². The molecule has 0 spiro atoms. The monoisotopic (exact) mass is 225 g/mol. The molecule has 0 fully saturated rings. The van der Waals surface area contributed by atoms with Crippen molar-refractivity contribution in [3.05, 3.63) is 12.2 Å². The fourth-order valence-electron chi connectivity index (χ4n) is 1.99. The van der Waals surface area contributed by atoms with Gasteiger partial charge in [0.2, 0.25) is 0 Å². The van der Waals surface area contributed by atoms with Gasteiger partial charge >= 0.3 is 0 Å². The van der Waals surface area contributed by atoms with Gasteiger partial charge in [0, 0.05) is 19.6 Å². The van der Waals surface area contributed by atoms with Crippen LogP contribution in [-0.4, -0.2) is 26.5 Å². The molecular weight excluding hydrogens is 202 g/mol. The predicted octanol–water partition coefficient (Wildman–Crippen LogP) is 1.89. The topological polar surface area (TPSA) is 50.9 Å². The predicted molar refractivity (Wildman–Crippen MR) is 64.0 cm³/mol. The van der Waals surface area contributed by atoms with Gasteiger partial charge in [-0.25, -0.2) is 4.98 Å². The Morgan fingerprint density at radius 3 is 2.75 bits per heavy atom. The fraction of sp³-hybridized carbons (Fsp3) is 0.833. The molecule has 0 aromatic carbocycles. The molecule has 1 atom stereocenters. The van der Waals surface area contributed by atoms with Gasteiger partial charge in [0.05, 0.1) is 0 Å². The number of hydrogen-bond donors (Lipinski definition) is 1. The zero-order valence-electron chi connectivity index (χ0n) is 10.6. The molecule has 1 rings (SSSR count). The van der Waals surface area contributed by atoms with Gasteiger partial charge < -0.3 is 5.11 Å². The van der Waals surface area contributed by atoms with Crippen LogP contribution in [-0.2, 0) is 13.0 Å². The van der Waals surface area contributed by atoms with Crippen LogP contribution >= 0.6 is 0 Å². The summed E-state index contributed by atoms with van der Waals surface area (Å²) in [6.07, 6.45) is 4.53. The number of aromatic nitrogens is 3. The third-order valence-electron chi connectivity index (χ3n) is 2.67. The van der Waals surface area contributed by atoms with Gasteiger partial charge in [-0.2, -0.15) is 5.10 Å². The van der Waals surface area contributed by atoms with Crippen molar-refractivity contribution in [1.29, 1.82) is 0 Å². The van der Waals surface area contributed by atoms with E-state index in [-0.39, 0.29) is 6.61 Å². The van der Waals surface area contributed by atoms with E-state index in [1.165, 1.54) is 0 Å². The van der Waals surface area contributed by atoms with Gasteiger partial charge in [0.25, 0.3) is 0 Å². The molecule has 1 N–H and O–H groups in total. The highest BCUT2D eigenvalue weighted by Gasteiger charge is 2.14. The highest BCUT2D eigenvalue weighted by molar-refractivity contribution is 4.87. The summed E-state index contributed by atoms with van der Waals surface area (Å²) in [5.74, 6) is 1.92. The zero-order chi connectivity index (χ0) is 12.0. The number of aliphatic hydroxyl groups excluding tert-OH is 1. The number of rotatable bonds is 7. The van der Waals surface area contributed by atoms with E-state index in [9.17, 15) is 5.11 Å². The Morgan fingerprint density at radius 2 is 2.19 bits per heavy atom. The Kier molecular flexibility index (Phi) is 5.46. The largest absolute Gasteiger partial charge is 0.396 e. The average molecular weight is 225 g/mol. The van der Waals surface area contributed by atoms with Crippen LogP contribution in [0.4, 0.5) is 0 Å². The maximum absolute atomic E-state index is 9.34. The van der Waals surface area contributed by atoms with E-state index in [0.717, 1.165) is 31.6 Å². The van der Waals surface area contributed by atoms with Gasteiger partial charge in [-0.1, -0.05) is 20.8 Å². The maximum atomic E-state index is 9.34. The smallest absolute Gasteiger partial charge is 0.138 e. The van der Waals surface area contributed by atoms with Crippen molar-refractivity contribution in [2.45, 2.75) is 46.6 Å². The van der Waals surface area contributed by atoms with Crippen LogP contribution in [0.2, 0.25) is 0 Å². The average Bonchev–Trinajstić information content (AvgIpc) is 2.65. The van der Waals surface area contributed by atoms with E-state index in [0.29, 0.717) is 11.8 Å². The van der Waals surface area contributed by atoms with Crippen LogP contribution in [0.1, 0.15) is 39.4 Å². The molecule has 0 aliphatic heterocycles. The molecule has 1 aromatic rings. The second-order valence-corrected chi connectivity index (χ2v) is 4.78. The molecule has 0 aliphatic carbocycles. The Balaban J connectivity index is 2.58. The second kappa shape index (κ2) is 6.63. The molecule has 0 saturated carbocycles. The fourth-order valence-corrected chi connectivity index (χ4v) is 1.99. The minimum absolute atomic E-state index is 0.233. The van der Waals surface area contributed by atoms with Crippen LogP contribution in [0.15, 0.2) is 6.33 Å². The zero-order valence-corrected chi connectivity index (χ0v) is 10.6. The van der Waals surface area contributed by atoms with E-state index in [1.54, 1.807) is 6.33 Å². The third-order valence-corrected chi connectivity index (χ3v) is 2.67. The molecule has 0 aliphatic rings. The molecule has 4 heteroatoms. The van der Waals surface area contributed by atoms with Crippen molar-refractivity contribution in [1.82, 2.24) is 14.8 Å². The quantitative estimate of drug-likeness (QED) is 0.771. The van der Waals surface area contributed by atoms with Crippen LogP contribution < -0.4 is 0 Å². The van der Waals surface area contributed by atoms with Gasteiger partial charge in [-0.15, -0.1) is 0 Å². The highest BCUT2D eigenvalue weighted by Crippen LogP contribution is 2.15. The molecular formula is C12H23N3O. The van der Waals surface area contributed by atoms with Gasteiger partial charge in [-0.05, 0) is 24.7 Å². The van der Waals surface area contributed by atoms with Crippen LogP contribution in [0.3, 0.4) is 0 Å². The summed E-state index contributed by atoms with van der Waals surface area (Å²) in [6, 6.07) is 0. The van der Waals surface area contributed by atoms with E-state index in [4.69, 9.17) is 0 Å². The summed E-state index contributed by atoms with van der Waals surface area (Å²) in [5, 5.41) is 13.5. The Hall–Kier alpha value is -0.900. The first-order valence-electron chi connectivity index (χ1n) is 6.14. The minimum atomic E-state index is 0.233. The molecule has 4 nitrogen and oxygen atoms in total. The lowest BCUT2D eigenvalue weighted by atomic mass is 9.94. The van der Waals surface area contributed by atoms with E-state index in [1.807, 2.05) is 4.68 Å². The van der Waals surface area contributed by atoms with Crippen molar-refractivity contribution in [2.24, 2.45) is 11.8 Å². The summed E-state index contributed by atoms with van der Waals surface area (Å²) in [7, 11) is 0. The summed E-state index contributed by atoms with van der Waals surface area (Å²) >= 11 is 0. The summed E-state index contributed by atoms with van der Waals surface area (Å²) in [4.78, 5) is 4.27. The lowest BCUT2D eigenvalue weighted by molar-refractivity contribution is 0.202. The minimum Gasteiger partial charge on any atom is -0.396 e. The Labute approximate surface area is 97.7 Å².